The van der Waals surface area contributed by atoms with Gasteiger partial charge in [0.1, 0.15) is 34.8 Å². The summed E-state index contributed by atoms with van der Waals surface area (Å²) < 4.78 is 32.8. The number of benzene rings is 2. The minimum atomic E-state index is -0.792. The van der Waals surface area contributed by atoms with Crippen molar-refractivity contribution in [3.05, 3.63) is 106 Å². The highest BCUT2D eigenvalue weighted by atomic mass is 19.1. The molecule has 3 N–H and O–H groups in total. The van der Waals surface area contributed by atoms with Crippen LogP contribution in [0.4, 0.5) is 20.3 Å². The van der Waals surface area contributed by atoms with Gasteiger partial charge in [0.25, 0.3) is 5.91 Å². The normalized spacial score (nSPS) is 13.9. The summed E-state index contributed by atoms with van der Waals surface area (Å²) in [5.74, 6) is -1.83. The van der Waals surface area contributed by atoms with E-state index in [9.17, 15) is 19.2 Å². The van der Waals surface area contributed by atoms with Crippen molar-refractivity contribution < 1.29 is 13.6 Å². The quantitative estimate of drug-likeness (QED) is 0.212. The van der Waals surface area contributed by atoms with Gasteiger partial charge >= 0.3 is 0 Å². The van der Waals surface area contributed by atoms with E-state index in [-0.39, 0.29) is 39.9 Å². The number of aromatic nitrogens is 4. The third-order valence-corrected chi connectivity index (χ3v) is 8.71. The van der Waals surface area contributed by atoms with Crippen molar-refractivity contribution >= 4 is 17.4 Å². The van der Waals surface area contributed by atoms with Crippen molar-refractivity contribution in [1.29, 1.82) is 5.26 Å². The summed E-state index contributed by atoms with van der Waals surface area (Å²) in [6.45, 7) is 5.60. The molecule has 6 rings (SSSR count). The van der Waals surface area contributed by atoms with E-state index >= 15 is 4.39 Å². The summed E-state index contributed by atoms with van der Waals surface area (Å²) >= 11 is 0. The van der Waals surface area contributed by atoms with Crippen LogP contribution in [0.2, 0.25) is 0 Å². The maximum Gasteiger partial charge on any atom is 0.261 e. The first-order chi connectivity index (χ1) is 23.0. The van der Waals surface area contributed by atoms with E-state index in [1.165, 1.54) is 47.2 Å². The first kappa shape index (κ1) is 32.3. The number of nitrogens with one attached hydrogen (secondary N) is 1. The number of nitrogens with zero attached hydrogens (tertiary/aromatic N) is 6. The van der Waals surface area contributed by atoms with E-state index in [2.05, 4.69) is 27.3 Å². The molecule has 0 saturated carbocycles. The van der Waals surface area contributed by atoms with Gasteiger partial charge in [-0.25, -0.2) is 13.8 Å². The molecular formula is C36H34F2N8O2. The van der Waals surface area contributed by atoms with Crippen LogP contribution in [0.5, 0.6) is 0 Å². The third kappa shape index (κ3) is 6.32. The van der Waals surface area contributed by atoms with Gasteiger partial charge in [-0.2, -0.15) is 10.4 Å². The second-order valence-electron chi connectivity index (χ2n) is 12.3. The largest absolute Gasteiger partial charge is 0.383 e. The second-order valence-corrected chi connectivity index (χ2v) is 12.3. The van der Waals surface area contributed by atoms with E-state index in [0.29, 0.717) is 17.2 Å². The van der Waals surface area contributed by atoms with Crippen LogP contribution in [-0.4, -0.2) is 50.3 Å². The SMILES string of the molecule is CC(C)n1cc(C(=O)Nc2ccc(-c3cc(-c4cnn(C5CCN(C)CC5)c4)cnc3N)c(F)c2)c(=O)c(-c2ccc(F)cc2)c1C#N. The number of nitrogen functional groups attached to an aromatic ring is 1. The fourth-order valence-electron chi connectivity index (χ4n) is 6.01. The van der Waals surface area contributed by atoms with Crippen molar-refractivity contribution in [2.75, 3.05) is 31.2 Å². The van der Waals surface area contributed by atoms with Crippen LogP contribution in [0.25, 0.3) is 33.4 Å². The lowest BCUT2D eigenvalue weighted by Gasteiger charge is -2.28. The van der Waals surface area contributed by atoms with Crippen LogP contribution >= 0.6 is 0 Å². The predicted octanol–water partition coefficient (Wildman–Crippen LogP) is 6.27. The zero-order valence-electron chi connectivity index (χ0n) is 26.7. The topological polar surface area (TPSA) is 135 Å². The molecule has 0 bridgehead atoms. The van der Waals surface area contributed by atoms with Gasteiger partial charge in [0.2, 0.25) is 5.43 Å². The van der Waals surface area contributed by atoms with E-state index in [4.69, 9.17) is 5.73 Å². The smallest absolute Gasteiger partial charge is 0.261 e. The Kier molecular flexibility index (Phi) is 8.88. The standard InChI is InChI=1S/C36H34F2N8O2/c1-21(2)45-20-30(34(47)33(32(45)16-39)22-4-6-25(37)7-5-22)36(48)43-26-8-9-28(31(38)15-26)29-14-23(17-41-35(29)40)24-18-42-46(19-24)27-10-12-44(3)13-11-27/h4-9,14-15,17-21,27H,10-13H2,1-3H3,(H2,40,41)(H,43,48). The Morgan fingerprint density at radius 1 is 1.00 bits per heavy atom. The van der Waals surface area contributed by atoms with Crippen LogP contribution in [0, 0.1) is 23.0 Å². The van der Waals surface area contributed by atoms with Gasteiger partial charge in [-0.05, 0) is 88.8 Å². The Hall–Kier alpha value is -5.67. The maximum atomic E-state index is 15.7. The van der Waals surface area contributed by atoms with Gasteiger partial charge in [0.15, 0.2) is 0 Å². The molecule has 10 nitrogen and oxygen atoms in total. The predicted molar refractivity (Wildman–Crippen MR) is 180 cm³/mol. The van der Waals surface area contributed by atoms with Crippen molar-refractivity contribution in [3.8, 4) is 39.4 Å². The number of rotatable bonds is 7. The number of carbonyl (C=O) groups excluding carboxylic acids is 1. The molecule has 1 saturated heterocycles. The molecule has 0 atom stereocenters. The van der Waals surface area contributed by atoms with E-state index < -0.39 is 23.0 Å². The molecule has 0 radical (unpaired) electrons. The van der Waals surface area contributed by atoms with E-state index in [1.807, 2.05) is 16.9 Å². The second kappa shape index (κ2) is 13.2. The monoisotopic (exact) mass is 648 g/mol. The number of halogens is 2. The Morgan fingerprint density at radius 2 is 1.73 bits per heavy atom. The van der Waals surface area contributed by atoms with Gasteiger partial charge in [-0.3, -0.25) is 14.3 Å². The number of nitrogens with two attached hydrogens (primary N) is 1. The van der Waals surface area contributed by atoms with Crippen LogP contribution in [0.3, 0.4) is 0 Å². The summed E-state index contributed by atoms with van der Waals surface area (Å²) in [7, 11) is 2.11. The minimum absolute atomic E-state index is 0.0277. The third-order valence-electron chi connectivity index (χ3n) is 8.71. The lowest BCUT2D eigenvalue weighted by atomic mass is 10.00. The summed E-state index contributed by atoms with van der Waals surface area (Å²) in [5.41, 5.74) is 7.76. The van der Waals surface area contributed by atoms with Crippen LogP contribution in [0.15, 0.2) is 78.1 Å². The van der Waals surface area contributed by atoms with Crippen molar-refractivity contribution in [3.63, 3.8) is 0 Å². The van der Waals surface area contributed by atoms with Gasteiger partial charge < -0.3 is 20.5 Å². The molecule has 1 aliphatic rings. The van der Waals surface area contributed by atoms with Gasteiger partial charge in [0.05, 0.1) is 17.8 Å². The zero-order chi connectivity index (χ0) is 34.1. The molecule has 12 heteroatoms. The molecule has 0 aliphatic carbocycles. The van der Waals surface area contributed by atoms with Crippen molar-refractivity contribution in [2.45, 2.75) is 38.8 Å². The van der Waals surface area contributed by atoms with Crippen LogP contribution in [-0.2, 0) is 0 Å². The molecule has 0 unspecified atom stereocenters. The number of hydrogen-bond acceptors (Lipinski definition) is 7. The number of anilines is 2. The Labute approximate surface area is 276 Å². The van der Waals surface area contributed by atoms with Crippen molar-refractivity contribution in [2.24, 2.45) is 0 Å². The Bertz CT molecular complexity index is 2110. The highest BCUT2D eigenvalue weighted by molar-refractivity contribution is 6.05. The van der Waals surface area contributed by atoms with Gasteiger partial charge in [0, 0.05) is 52.6 Å². The molecule has 1 aliphatic heterocycles. The molecule has 1 fully saturated rings. The number of pyridine rings is 2. The molecule has 4 heterocycles. The Morgan fingerprint density at radius 3 is 2.40 bits per heavy atom. The van der Waals surface area contributed by atoms with Crippen LogP contribution in [0.1, 0.15) is 54.8 Å². The fraction of sp³-hybridized carbons (Fsp3) is 0.250. The number of likely N-dealkylation sites (tertiary alicyclic amines) is 1. The number of amides is 1. The molecule has 2 aromatic carbocycles. The number of piperidine rings is 1. The van der Waals surface area contributed by atoms with Crippen LogP contribution < -0.4 is 16.5 Å². The highest BCUT2D eigenvalue weighted by Gasteiger charge is 2.24. The summed E-state index contributed by atoms with van der Waals surface area (Å²) in [6, 6.07) is 13.1. The fourth-order valence-corrected chi connectivity index (χ4v) is 6.01. The number of nitriles is 1. The molecule has 244 valence electrons. The highest BCUT2D eigenvalue weighted by Crippen LogP contribution is 2.33. The number of carbonyl (C=O) groups is 1. The molecule has 48 heavy (non-hydrogen) atoms. The average Bonchev–Trinajstić information content (AvgIpc) is 3.56. The molecule has 3 aromatic heterocycles. The molecular weight excluding hydrogens is 614 g/mol. The minimum Gasteiger partial charge on any atom is -0.383 e. The number of hydrogen-bond donors (Lipinski definition) is 2. The van der Waals surface area contributed by atoms with Crippen molar-refractivity contribution in [1.82, 2.24) is 24.2 Å². The molecule has 1 amide bonds. The zero-order valence-corrected chi connectivity index (χ0v) is 26.7. The lowest BCUT2D eigenvalue weighted by Crippen LogP contribution is -2.31. The van der Waals surface area contributed by atoms with Gasteiger partial charge in [-0.15, -0.1) is 0 Å². The summed E-state index contributed by atoms with van der Waals surface area (Å²) in [6.07, 6.45) is 8.69. The molecule has 0 spiro atoms. The maximum absolute atomic E-state index is 15.7. The average molecular weight is 649 g/mol. The molecule has 5 aromatic rings. The van der Waals surface area contributed by atoms with E-state index in [1.54, 1.807) is 32.3 Å². The van der Waals surface area contributed by atoms with Gasteiger partial charge in [-0.1, -0.05) is 12.1 Å². The lowest BCUT2D eigenvalue weighted by molar-refractivity contribution is 0.102. The Balaban J connectivity index is 1.28. The summed E-state index contributed by atoms with van der Waals surface area (Å²) in [4.78, 5) is 33.7. The first-order valence-electron chi connectivity index (χ1n) is 15.6. The van der Waals surface area contributed by atoms with E-state index in [0.717, 1.165) is 43.1 Å². The summed E-state index contributed by atoms with van der Waals surface area (Å²) in [5, 5.41) is 17.1. The first-order valence-corrected chi connectivity index (χ1v) is 15.6.